The van der Waals surface area contributed by atoms with Gasteiger partial charge in [0, 0.05) is 19.5 Å². The molecule has 142 valence electrons. The number of rotatable bonds is 7. The first-order valence-electron chi connectivity index (χ1n) is 9.44. The number of aromatic nitrogens is 5. The van der Waals surface area contributed by atoms with Crippen molar-refractivity contribution in [3.63, 3.8) is 0 Å². The van der Waals surface area contributed by atoms with E-state index in [-0.39, 0.29) is 5.91 Å². The van der Waals surface area contributed by atoms with Crippen molar-refractivity contribution in [2.45, 2.75) is 64.3 Å². The highest BCUT2D eigenvalue weighted by atomic mass is 16.5. The molecule has 3 rings (SSSR count). The zero-order chi connectivity index (χ0) is 18.2. The van der Waals surface area contributed by atoms with E-state index >= 15 is 0 Å². The molecule has 0 spiro atoms. The number of carbonyl (C=O) groups excluding carboxylic acids is 1. The maximum atomic E-state index is 12.3. The molecule has 2 N–H and O–H groups in total. The second-order valence-corrected chi connectivity index (χ2v) is 6.93. The summed E-state index contributed by atoms with van der Waals surface area (Å²) in [6.07, 6.45) is 11.8. The van der Waals surface area contributed by atoms with Crippen LogP contribution in [0.2, 0.25) is 0 Å². The van der Waals surface area contributed by atoms with Gasteiger partial charge >= 0.3 is 5.76 Å². The molecule has 0 saturated heterocycles. The van der Waals surface area contributed by atoms with Gasteiger partial charge in [0.1, 0.15) is 0 Å². The Kier molecular flexibility index (Phi) is 6.56. The van der Waals surface area contributed by atoms with Crippen LogP contribution in [0.1, 0.15) is 67.7 Å². The van der Waals surface area contributed by atoms with Crippen LogP contribution in [0, 0.1) is 5.92 Å². The molecule has 9 nitrogen and oxygen atoms in total. The van der Waals surface area contributed by atoms with Crippen LogP contribution in [0.5, 0.6) is 0 Å². The van der Waals surface area contributed by atoms with Crippen LogP contribution in [-0.4, -0.2) is 37.6 Å². The highest BCUT2D eigenvalue weighted by molar-refractivity contribution is 5.91. The first-order chi connectivity index (χ1) is 12.7. The molecule has 2 aromatic heterocycles. The topological polar surface area (TPSA) is 119 Å². The fraction of sp³-hybridized carbons (Fsp3) is 0.706. The van der Waals surface area contributed by atoms with Gasteiger partial charge in [-0.15, -0.1) is 5.10 Å². The summed E-state index contributed by atoms with van der Waals surface area (Å²) in [6, 6.07) is 0. The summed E-state index contributed by atoms with van der Waals surface area (Å²) in [6.45, 7) is 1.29. The van der Waals surface area contributed by atoms with Crippen LogP contribution in [0.4, 0.5) is 0 Å². The van der Waals surface area contributed by atoms with Crippen LogP contribution < -0.4 is 11.1 Å². The Bertz CT molecular complexity index is 742. The van der Waals surface area contributed by atoms with Gasteiger partial charge in [-0.2, -0.15) is 0 Å². The molecule has 2 aromatic rings. The molecule has 26 heavy (non-hydrogen) atoms. The van der Waals surface area contributed by atoms with Gasteiger partial charge in [0.2, 0.25) is 0 Å². The van der Waals surface area contributed by atoms with E-state index in [0.29, 0.717) is 43.4 Å². The molecule has 2 heterocycles. The fourth-order valence-electron chi connectivity index (χ4n) is 3.36. The molecule has 0 aliphatic heterocycles. The first-order valence-corrected chi connectivity index (χ1v) is 9.44. The Balaban J connectivity index is 1.41. The Morgan fingerprint density at radius 3 is 2.77 bits per heavy atom. The first kappa shape index (κ1) is 18.3. The standard InChI is InChI=1S/C17H26N6O3/c24-16(18-11-13-7-4-2-1-3-5-8-13)14-12-23(22-20-14)10-6-9-15-19-17(25)26-21-15/h12-13H,1-11H2,(H,18,24)(H,19,21,25). The van der Waals surface area contributed by atoms with Crippen LogP contribution in [0.25, 0.3) is 0 Å². The Hall–Kier alpha value is -2.45. The van der Waals surface area contributed by atoms with Crippen molar-refractivity contribution in [2.24, 2.45) is 5.92 Å². The molecule has 1 aliphatic rings. The predicted molar refractivity (Wildman–Crippen MR) is 93.6 cm³/mol. The summed E-state index contributed by atoms with van der Waals surface area (Å²) in [4.78, 5) is 25.6. The van der Waals surface area contributed by atoms with Crippen molar-refractivity contribution in [2.75, 3.05) is 6.54 Å². The highest BCUT2D eigenvalue weighted by Gasteiger charge is 2.15. The summed E-state index contributed by atoms with van der Waals surface area (Å²) in [5.74, 6) is 0.356. The van der Waals surface area contributed by atoms with Gasteiger partial charge in [0.05, 0.1) is 6.20 Å². The van der Waals surface area contributed by atoms with E-state index in [4.69, 9.17) is 0 Å². The zero-order valence-corrected chi connectivity index (χ0v) is 14.9. The van der Waals surface area contributed by atoms with Crippen LogP contribution >= 0.6 is 0 Å². The van der Waals surface area contributed by atoms with Crippen molar-refractivity contribution >= 4 is 5.91 Å². The van der Waals surface area contributed by atoms with Crippen molar-refractivity contribution in [1.82, 2.24) is 30.5 Å². The molecule has 0 unspecified atom stereocenters. The third-order valence-corrected chi connectivity index (χ3v) is 4.83. The SMILES string of the molecule is O=C(NCC1CCCCCCC1)c1cn(CCCc2noc(=O)[nH]2)nn1. The lowest BCUT2D eigenvalue weighted by Crippen LogP contribution is -2.30. The Morgan fingerprint density at radius 1 is 1.27 bits per heavy atom. The summed E-state index contributed by atoms with van der Waals surface area (Å²) < 4.78 is 6.07. The van der Waals surface area contributed by atoms with Crippen molar-refractivity contribution in [3.05, 3.63) is 28.3 Å². The highest BCUT2D eigenvalue weighted by Crippen LogP contribution is 2.21. The smallest absolute Gasteiger partial charge is 0.350 e. The van der Waals surface area contributed by atoms with E-state index in [1.54, 1.807) is 10.9 Å². The lowest BCUT2D eigenvalue weighted by atomic mass is 9.91. The number of H-pyrrole nitrogens is 1. The largest absolute Gasteiger partial charge is 0.438 e. The van der Waals surface area contributed by atoms with E-state index in [9.17, 15) is 9.59 Å². The Morgan fingerprint density at radius 2 is 2.04 bits per heavy atom. The summed E-state index contributed by atoms with van der Waals surface area (Å²) >= 11 is 0. The van der Waals surface area contributed by atoms with Crippen molar-refractivity contribution in [3.8, 4) is 0 Å². The van der Waals surface area contributed by atoms with Gasteiger partial charge < -0.3 is 5.32 Å². The number of nitrogens with zero attached hydrogens (tertiary/aromatic N) is 4. The summed E-state index contributed by atoms with van der Waals surface area (Å²) in [7, 11) is 0. The molecular formula is C17H26N6O3. The third kappa shape index (κ3) is 5.53. The molecule has 1 aliphatic carbocycles. The number of aryl methyl sites for hydroxylation is 2. The zero-order valence-electron chi connectivity index (χ0n) is 14.9. The fourth-order valence-corrected chi connectivity index (χ4v) is 3.36. The maximum absolute atomic E-state index is 12.3. The molecule has 1 fully saturated rings. The average molecular weight is 362 g/mol. The van der Waals surface area contributed by atoms with Gasteiger partial charge in [-0.3, -0.25) is 19.0 Å². The predicted octanol–water partition coefficient (Wildman–Crippen LogP) is 1.68. The lowest BCUT2D eigenvalue weighted by molar-refractivity contribution is 0.0939. The quantitative estimate of drug-likeness (QED) is 0.773. The minimum Gasteiger partial charge on any atom is -0.350 e. The van der Waals surface area contributed by atoms with Crippen LogP contribution in [-0.2, 0) is 13.0 Å². The number of hydrogen-bond donors (Lipinski definition) is 2. The molecule has 0 bridgehead atoms. The second-order valence-electron chi connectivity index (χ2n) is 6.93. The minimum absolute atomic E-state index is 0.167. The van der Waals surface area contributed by atoms with E-state index in [1.165, 1.54) is 44.9 Å². The monoisotopic (exact) mass is 362 g/mol. The van der Waals surface area contributed by atoms with Crippen LogP contribution in [0.15, 0.2) is 15.5 Å². The number of hydrogen-bond acceptors (Lipinski definition) is 6. The third-order valence-electron chi connectivity index (χ3n) is 4.83. The second kappa shape index (κ2) is 9.30. The molecule has 0 radical (unpaired) electrons. The average Bonchev–Trinajstić information content (AvgIpc) is 3.23. The van der Waals surface area contributed by atoms with E-state index in [1.807, 2.05) is 0 Å². The minimum atomic E-state index is -0.552. The molecule has 1 amide bonds. The Labute approximate surface area is 151 Å². The molecule has 9 heteroatoms. The molecule has 1 saturated carbocycles. The van der Waals surface area contributed by atoms with E-state index in [2.05, 4.69) is 30.3 Å². The number of nitrogens with one attached hydrogen (secondary N) is 2. The summed E-state index contributed by atoms with van der Waals surface area (Å²) in [5.41, 5.74) is 0.339. The number of carbonyl (C=O) groups is 1. The van der Waals surface area contributed by atoms with Gasteiger partial charge in [-0.1, -0.05) is 42.5 Å². The lowest BCUT2D eigenvalue weighted by Gasteiger charge is -2.19. The number of amides is 1. The van der Waals surface area contributed by atoms with Crippen molar-refractivity contribution < 1.29 is 9.32 Å². The molecular weight excluding hydrogens is 336 g/mol. The van der Waals surface area contributed by atoms with Gasteiger partial charge in [-0.25, -0.2) is 4.79 Å². The normalized spacial score (nSPS) is 16.2. The maximum Gasteiger partial charge on any atom is 0.438 e. The molecule has 0 aromatic carbocycles. The van der Waals surface area contributed by atoms with E-state index in [0.717, 1.165) is 0 Å². The van der Waals surface area contributed by atoms with E-state index < -0.39 is 5.76 Å². The van der Waals surface area contributed by atoms with Gasteiger partial charge in [0.15, 0.2) is 11.5 Å². The summed E-state index contributed by atoms with van der Waals surface area (Å²) in [5, 5.41) is 14.5. The van der Waals surface area contributed by atoms with Crippen LogP contribution in [0.3, 0.4) is 0 Å². The van der Waals surface area contributed by atoms with Gasteiger partial charge in [0.25, 0.3) is 5.91 Å². The molecule has 0 atom stereocenters. The van der Waals surface area contributed by atoms with Crippen molar-refractivity contribution in [1.29, 1.82) is 0 Å². The number of aromatic amines is 1. The van der Waals surface area contributed by atoms with Gasteiger partial charge in [-0.05, 0) is 25.2 Å².